The summed E-state index contributed by atoms with van der Waals surface area (Å²) >= 11 is 5.69. The van der Waals surface area contributed by atoms with Gasteiger partial charge < -0.3 is 5.11 Å². The van der Waals surface area contributed by atoms with Gasteiger partial charge in [-0.2, -0.15) is 0 Å². The van der Waals surface area contributed by atoms with Crippen molar-refractivity contribution >= 4 is 17.9 Å². The summed E-state index contributed by atoms with van der Waals surface area (Å²) in [6, 6.07) is 2.91. The first-order valence-corrected chi connectivity index (χ1v) is 3.47. The second kappa shape index (κ2) is 2.93. The number of hydrogen-bond acceptors (Lipinski definition) is 2. The molecule has 2 nitrogen and oxygen atoms in total. The molecule has 0 saturated carbocycles. The highest BCUT2D eigenvalue weighted by molar-refractivity contribution is 6.31. The molecule has 58 valence electrons. The van der Waals surface area contributed by atoms with E-state index in [4.69, 9.17) is 16.7 Å². The number of phenols is 1. The first kappa shape index (κ1) is 8.08. The van der Waals surface area contributed by atoms with Crippen molar-refractivity contribution in [3.05, 3.63) is 28.3 Å². The normalized spacial score (nSPS) is 9.64. The second-order valence-electron chi connectivity index (χ2n) is 2.28. The van der Waals surface area contributed by atoms with Gasteiger partial charge in [-0.3, -0.25) is 4.79 Å². The number of rotatable bonds is 1. The molecular formula is C8H7ClO2. The molecule has 1 rings (SSSR count). The van der Waals surface area contributed by atoms with Gasteiger partial charge in [0.05, 0.1) is 5.56 Å². The maximum atomic E-state index is 10.3. The number of carbonyl (C=O) groups excluding carboxylic acids is 1. The number of hydrogen-bond donors (Lipinski definition) is 1. The average molecular weight is 171 g/mol. The molecule has 0 radical (unpaired) electrons. The summed E-state index contributed by atoms with van der Waals surface area (Å²) in [5, 5.41) is 9.62. The van der Waals surface area contributed by atoms with Gasteiger partial charge in [0, 0.05) is 5.02 Å². The monoisotopic (exact) mass is 170 g/mol. The zero-order valence-corrected chi connectivity index (χ0v) is 6.72. The van der Waals surface area contributed by atoms with Crippen molar-refractivity contribution in [3.8, 4) is 5.75 Å². The van der Waals surface area contributed by atoms with Crippen molar-refractivity contribution in [2.45, 2.75) is 6.92 Å². The van der Waals surface area contributed by atoms with Crippen molar-refractivity contribution in [3.63, 3.8) is 0 Å². The lowest BCUT2D eigenvalue weighted by Crippen LogP contribution is -1.83. The number of halogens is 1. The molecule has 0 aliphatic rings. The maximum absolute atomic E-state index is 10.3. The van der Waals surface area contributed by atoms with Gasteiger partial charge in [-0.15, -0.1) is 0 Å². The molecule has 3 heteroatoms. The minimum absolute atomic E-state index is 0.0260. The van der Waals surface area contributed by atoms with Gasteiger partial charge in [0.2, 0.25) is 0 Å². The van der Waals surface area contributed by atoms with Gasteiger partial charge in [0.15, 0.2) is 6.29 Å². The molecule has 0 aromatic heterocycles. The van der Waals surface area contributed by atoms with E-state index in [0.29, 0.717) is 11.3 Å². The third kappa shape index (κ3) is 1.52. The average Bonchev–Trinajstić information content (AvgIpc) is 1.97. The predicted octanol–water partition coefficient (Wildman–Crippen LogP) is 2.17. The molecule has 0 amide bonds. The number of aromatic hydroxyl groups is 1. The van der Waals surface area contributed by atoms with E-state index >= 15 is 0 Å². The Morgan fingerprint density at radius 3 is 2.73 bits per heavy atom. The SMILES string of the molecule is Cc1cc(O)c(C=O)cc1Cl. The van der Waals surface area contributed by atoms with E-state index in [1.54, 1.807) is 6.92 Å². The van der Waals surface area contributed by atoms with Gasteiger partial charge >= 0.3 is 0 Å². The Morgan fingerprint density at radius 2 is 2.18 bits per heavy atom. The molecule has 0 aliphatic heterocycles. The summed E-state index contributed by atoms with van der Waals surface area (Å²) in [5.74, 6) is -0.0260. The number of phenolic OH excluding ortho intramolecular Hbond substituents is 1. The highest BCUT2D eigenvalue weighted by atomic mass is 35.5. The Bertz CT molecular complexity index is 294. The molecule has 11 heavy (non-hydrogen) atoms. The van der Waals surface area contributed by atoms with Crippen LogP contribution in [0.25, 0.3) is 0 Å². The molecular weight excluding hydrogens is 164 g/mol. The summed E-state index contributed by atoms with van der Waals surface area (Å²) in [6.07, 6.45) is 0.570. The third-order valence-electron chi connectivity index (χ3n) is 1.43. The van der Waals surface area contributed by atoms with Gasteiger partial charge in [0.25, 0.3) is 0 Å². The highest BCUT2D eigenvalue weighted by Crippen LogP contribution is 2.23. The van der Waals surface area contributed by atoms with Crippen LogP contribution in [0, 0.1) is 6.92 Å². The molecule has 1 N–H and O–H groups in total. The fourth-order valence-electron chi connectivity index (χ4n) is 0.776. The number of benzene rings is 1. The van der Waals surface area contributed by atoms with E-state index in [1.807, 2.05) is 0 Å². The van der Waals surface area contributed by atoms with Gasteiger partial charge in [0.1, 0.15) is 5.75 Å². The van der Waals surface area contributed by atoms with Crippen molar-refractivity contribution in [2.75, 3.05) is 0 Å². The predicted molar refractivity (Wildman–Crippen MR) is 43.2 cm³/mol. The topological polar surface area (TPSA) is 37.3 Å². The van der Waals surface area contributed by atoms with Crippen molar-refractivity contribution in [2.24, 2.45) is 0 Å². The molecule has 1 aromatic rings. The summed E-state index contributed by atoms with van der Waals surface area (Å²) in [6.45, 7) is 1.76. The Labute approximate surface area is 69.4 Å². The van der Waals surface area contributed by atoms with Gasteiger partial charge in [-0.05, 0) is 24.6 Å². The van der Waals surface area contributed by atoms with E-state index in [1.165, 1.54) is 12.1 Å². The van der Waals surface area contributed by atoms with Crippen LogP contribution in [0.1, 0.15) is 15.9 Å². The molecule has 0 saturated heterocycles. The minimum atomic E-state index is -0.0260. The van der Waals surface area contributed by atoms with Crippen LogP contribution < -0.4 is 0 Å². The zero-order chi connectivity index (χ0) is 8.43. The summed E-state index contributed by atoms with van der Waals surface area (Å²) in [5.41, 5.74) is 0.982. The van der Waals surface area contributed by atoms with Gasteiger partial charge in [-0.25, -0.2) is 0 Å². The first-order chi connectivity index (χ1) is 5.15. The molecule has 0 bridgehead atoms. The summed E-state index contributed by atoms with van der Waals surface area (Å²) in [7, 11) is 0. The van der Waals surface area contributed by atoms with Crippen LogP contribution in [-0.2, 0) is 0 Å². The van der Waals surface area contributed by atoms with Crippen LogP contribution in [0.5, 0.6) is 5.75 Å². The van der Waals surface area contributed by atoms with Crippen LogP contribution in [0.2, 0.25) is 5.02 Å². The number of aryl methyl sites for hydroxylation is 1. The van der Waals surface area contributed by atoms with E-state index in [0.717, 1.165) is 5.56 Å². The van der Waals surface area contributed by atoms with Crippen LogP contribution in [-0.4, -0.2) is 11.4 Å². The summed E-state index contributed by atoms with van der Waals surface area (Å²) in [4.78, 5) is 10.3. The van der Waals surface area contributed by atoms with Crippen LogP contribution in [0.3, 0.4) is 0 Å². The molecule has 0 unspecified atom stereocenters. The Balaban J connectivity index is 3.31. The number of carbonyl (C=O) groups is 1. The Morgan fingerprint density at radius 1 is 1.55 bits per heavy atom. The lowest BCUT2D eigenvalue weighted by Gasteiger charge is -2.00. The Kier molecular flexibility index (Phi) is 2.15. The zero-order valence-electron chi connectivity index (χ0n) is 5.97. The molecule has 0 heterocycles. The molecule has 0 spiro atoms. The van der Waals surface area contributed by atoms with E-state index < -0.39 is 0 Å². The van der Waals surface area contributed by atoms with Crippen molar-refractivity contribution < 1.29 is 9.90 Å². The van der Waals surface area contributed by atoms with E-state index in [2.05, 4.69) is 0 Å². The molecule has 0 aliphatic carbocycles. The third-order valence-corrected chi connectivity index (χ3v) is 1.84. The smallest absolute Gasteiger partial charge is 0.153 e. The number of aldehydes is 1. The van der Waals surface area contributed by atoms with Crippen LogP contribution >= 0.6 is 11.6 Å². The van der Waals surface area contributed by atoms with Gasteiger partial charge in [-0.1, -0.05) is 11.6 Å². The minimum Gasteiger partial charge on any atom is -0.507 e. The first-order valence-electron chi connectivity index (χ1n) is 3.09. The van der Waals surface area contributed by atoms with Crippen molar-refractivity contribution in [1.82, 2.24) is 0 Å². The highest BCUT2D eigenvalue weighted by Gasteiger charge is 2.02. The fraction of sp³-hybridized carbons (Fsp3) is 0.125. The summed E-state index contributed by atoms with van der Waals surface area (Å²) < 4.78 is 0. The van der Waals surface area contributed by atoms with Crippen molar-refractivity contribution in [1.29, 1.82) is 0 Å². The van der Waals surface area contributed by atoms with Crippen LogP contribution in [0.4, 0.5) is 0 Å². The lowest BCUT2D eigenvalue weighted by molar-refractivity contribution is 0.112. The largest absolute Gasteiger partial charge is 0.507 e. The molecule has 1 aromatic carbocycles. The fourth-order valence-corrected chi connectivity index (χ4v) is 0.948. The lowest BCUT2D eigenvalue weighted by atomic mass is 10.1. The maximum Gasteiger partial charge on any atom is 0.153 e. The molecule has 0 atom stereocenters. The quantitative estimate of drug-likeness (QED) is 0.656. The molecule has 0 fully saturated rings. The standard InChI is InChI=1S/C8H7ClO2/c1-5-2-8(11)6(4-10)3-7(5)9/h2-4,11H,1H3. The van der Waals surface area contributed by atoms with E-state index in [-0.39, 0.29) is 11.3 Å². The second-order valence-corrected chi connectivity index (χ2v) is 2.69. The van der Waals surface area contributed by atoms with E-state index in [9.17, 15) is 4.79 Å². The van der Waals surface area contributed by atoms with Crippen LogP contribution in [0.15, 0.2) is 12.1 Å². The Hall–Kier alpha value is -1.02.